The van der Waals surface area contributed by atoms with E-state index in [2.05, 4.69) is 0 Å². The Balaban J connectivity index is 1.30. The molecule has 0 aliphatic heterocycles. The maximum atomic E-state index is 12.9. The van der Waals surface area contributed by atoms with Crippen molar-refractivity contribution < 1.29 is 20.1 Å². The van der Waals surface area contributed by atoms with Gasteiger partial charge in [0, 0.05) is 24.3 Å². The second-order valence-electron chi connectivity index (χ2n) is 8.62. The first kappa shape index (κ1) is 24.2. The predicted octanol–water partition coefficient (Wildman–Crippen LogP) is 5.35. The molecule has 184 valence electrons. The van der Waals surface area contributed by atoms with Crippen LogP contribution in [0.1, 0.15) is 5.56 Å². The summed E-state index contributed by atoms with van der Waals surface area (Å²) in [5, 5.41) is 24.7. The first-order valence-corrected chi connectivity index (χ1v) is 11.9. The molecule has 0 saturated carbocycles. The van der Waals surface area contributed by atoms with Gasteiger partial charge in [-0.2, -0.15) is 0 Å². The predicted molar refractivity (Wildman–Crippen MR) is 144 cm³/mol. The van der Waals surface area contributed by atoms with E-state index < -0.39 is 10.5 Å². The van der Waals surface area contributed by atoms with Crippen LogP contribution in [-0.4, -0.2) is 0 Å². The largest absolute Gasteiger partial charge is 0.585 e. The number of rotatable bonds is 8. The van der Waals surface area contributed by atoms with Gasteiger partial charge in [-0.15, -0.1) is 10.5 Å². The monoisotopic (exact) mass is 490 g/mol. The maximum absolute atomic E-state index is 12.9. The van der Waals surface area contributed by atoms with E-state index in [9.17, 15) is 10.4 Å². The van der Waals surface area contributed by atoms with Crippen LogP contribution < -0.4 is 20.1 Å². The number of nitrogens with one attached hydrogen (secondary N) is 2. The maximum Gasteiger partial charge on any atom is 0.240 e. The first-order chi connectivity index (χ1) is 18.1. The van der Waals surface area contributed by atoms with Crippen LogP contribution in [0.5, 0.6) is 11.5 Å². The lowest BCUT2D eigenvalue weighted by Gasteiger charge is -2.24. The Labute approximate surface area is 215 Å². The Morgan fingerprint density at radius 3 is 1.32 bits per heavy atom. The average molecular weight is 491 g/mol. The highest BCUT2D eigenvalue weighted by Crippen LogP contribution is 2.27. The smallest absolute Gasteiger partial charge is 0.240 e. The second kappa shape index (κ2) is 11.1. The van der Waals surface area contributed by atoms with E-state index in [0.717, 1.165) is 27.8 Å². The van der Waals surface area contributed by atoms with Gasteiger partial charge in [0.25, 0.3) is 0 Å². The zero-order valence-corrected chi connectivity index (χ0v) is 20.3. The molecule has 0 amide bonds. The van der Waals surface area contributed by atoms with Gasteiger partial charge in [-0.05, 0) is 71.1 Å². The third-order valence-corrected chi connectivity index (χ3v) is 5.96. The molecular weight excluding hydrogens is 464 g/mol. The Kier molecular flexibility index (Phi) is 7.26. The molecule has 0 aliphatic rings. The van der Waals surface area contributed by atoms with Gasteiger partial charge in [-0.3, -0.25) is 0 Å². The normalized spacial score (nSPS) is 12.5. The number of hydrogen-bond acceptors (Lipinski definition) is 4. The molecule has 0 saturated heterocycles. The Morgan fingerprint density at radius 1 is 0.459 bits per heavy atom. The van der Waals surface area contributed by atoms with Gasteiger partial charge in [-0.25, -0.2) is 0 Å². The topological polar surface area (TPSA) is 73.5 Å². The Hall–Kier alpha value is -4.46. The highest BCUT2D eigenvalue weighted by Gasteiger charge is 2.16. The fourth-order valence-electron chi connectivity index (χ4n) is 3.96. The van der Waals surface area contributed by atoms with Crippen LogP contribution in [0.4, 0.5) is 11.4 Å². The van der Waals surface area contributed by atoms with Gasteiger partial charge in [0.2, 0.25) is 11.5 Å². The average Bonchev–Trinajstić information content (AvgIpc) is 2.95. The molecule has 5 rings (SSSR count). The molecule has 0 spiro atoms. The van der Waals surface area contributed by atoms with Gasteiger partial charge in [0.15, 0.2) is 11.4 Å². The van der Waals surface area contributed by atoms with Crippen molar-refractivity contribution in [2.24, 2.45) is 0 Å². The molecule has 5 aromatic rings. The lowest BCUT2D eigenvalue weighted by molar-refractivity contribution is -0.970. The molecule has 0 aliphatic carbocycles. The molecule has 0 aromatic heterocycles. The molecule has 0 bridgehead atoms. The molecule has 0 radical (unpaired) electrons. The quantitative estimate of drug-likeness (QED) is 0.288. The number of aryl methyl sites for hydroxylation is 1. The van der Waals surface area contributed by atoms with Crippen LogP contribution in [-0.2, 0) is 0 Å². The zero-order chi connectivity index (χ0) is 25.6. The fourth-order valence-corrected chi connectivity index (χ4v) is 3.96. The lowest BCUT2D eigenvalue weighted by Crippen LogP contribution is -3.05. The fraction of sp³-hybridized carbons (Fsp3) is 0.0323. The third-order valence-electron chi connectivity index (χ3n) is 5.96. The van der Waals surface area contributed by atoms with Crippen molar-refractivity contribution in [1.29, 1.82) is 0 Å². The Bertz CT molecular complexity index is 1440. The van der Waals surface area contributed by atoms with Crippen molar-refractivity contribution in [3.05, 3.63) is 143 Å². The summed E-state index contributed by atoms with van der Waals surface area (Å²) in [6, 6.07) is 39.3. The van der Waals surface area contributed by atoms with E-state index >= 15 is 0 Å². The van der Waals surface area contributed by atoms with Gasteiger partial charge in [0.1, 0.15) is 0 Å². The van der Waals surface area contributed by atoms with Crippen molar-refractivity contribution in [1.82, 2.24) is 0 Å². The molecule has 5 aromatic carbocycles. The van der Waals surface area contributed by atoms with Crippen LogP contribution in [0.2, 0.25) is 0 Å². The molecule has 0 fully saturated rings. The molecule has 6 nitrogen and oxygen atoms in total. The van der Waals surface area contributed by atoms with Crippen molar-refractivity contribution >= 4 is 11.4 Å². The summed E-state index contributed by atoms with van der Waals surface area (Å²) in [5.74, 6) is 0.364. The molecule has 37 heavy (non-hydrogen) atoms. The number of quaternary nitrogens is 2. The summed E-state index contributed by atoms with van der Waals surface area (Å²) in [7, 11) is 0. The summed E-state index contributed by atoms with van der Waals surface area (Å²) in [6.45, 7) is 1.87. The van der Waals surface area contributed by atoms with Gasteiger partial charge >= 0.3 is 0 Å². The number of benzene rings is 5. The van der Waals surface area contributed by atoms with Gasteiger partial charge in [0.05, 0.1) is 0 Å². The summed E-state index contributed by atoms with van der Waals surface area (Å²) in [5.41, 5.74) is 5.79. The molecule has 2 atom stereocenters. The lowest BCUT2D eigenvalue weighted by atomic mass is 10.1. The van der Waals surface area contributed by atoms with Crippen molar-refractivity contribution in [3.8, 4) is 33.8 Å². The molecule has 6 heteroatoms. The van der Waals surface area contributed by atoms with Crippen LogP contribution in [0, 0.1) is 17.3 Å². The third kappa shape index (κ3) is 5.86. The van der Waals surface area contributed by atoms with Gasteiger partial charge < -0.3 is 20.1 Å². The van der Waals surface area contributed by atoms with Crippen LogP contribution in [0.3, 0.4) is 0 Å². The zero-order valence-electron chi connectivity index (χ0n) is 20.3. The number of hydrogen-bond donors (Lipinski definition) is 2. The van der Waals surface area contributed by atoms with E-state index in [1.165, 1.54) is 0 Å². The first-order valence-electron chi connectivity index (χ1n) is 11.9. The molecule has 2 unspecified atom stereocenters. The highest BCUT2D eigenvalue weighted by molar-refractivity contribution is 5.65. The summed E-state index contributed by atoms with van der Waals surface area (Å²) in [4.78, 5) is 11.3. The Morgan fingerprint density at radius 2 is 0.865 bits per heavy atom. The van der Waals surface area contributed by atoms with Crippen LogP contribution >= 0.6 is 0 Å². The molecule has 2 N–H and O–H groups in total. The summed E-state index contributed by atoms with van der Waals surface area (Å²) >= 11 is 0. The minimum atomic E-state index is -0.534. The van der Waals surface area contributed by atoms with Crippen LogP contribution in [0.25, 0.3) is 22.3 Å². The minimum absolute atomic E-state index is 0.178. The summed E-state index contributed by atoms with van der Waals surface area (Å²) in [6.07, 6.45) is 0. The van der Waals surface area contributed by atoms with Gasteiger partial charge in [-0.1, -0.05) is 66.7 Å². The second-order valence-corrected chi connectivity index (χ2v) is 8.62. The van der Waals surface area contributed by atoms with Crippen molar-refractivity contribution in [3.63, 3.8) is 0 Å². The van der Waals surface area contributed by atoms with E-state index in [1.807, 2.05) is 91.9 Å². The minimum Gasteiger partial charge on any atom is -0.585 e. The summed E-state index contributed by atoms with van der Waals surface area (Å²) < 4.78 is 0. The standard InChI is InChI=1S/C31H26N2O4/c1-23-12-21-30(36-32(34)28-17-13-26(14-18-28)24-8-4-2-5-9-24)31(22-23)37-33(35)29-19-15-27(16-20-29)25-10-6-3-7-11-25/h2-22,32-33H,1H3. The van der Waals surface area contributed by atoms with E-state index in [1.54, 1.807) is 42.5 Å². The van der Waals surface area contributed by atoms with Crippen molar-refractivity contribution in [2.75, 3.05) is 0 Å². The van der Waals surface area contributed by atoms with Crippen molar-refractivity contribution in [2.45, 2.75) is 6.92 Å². The van der Waals surface area contributed by atoms with E-state index in [-0.39, 0.29) is 11.5 Å². The van der Waals surface area contributed by atoms with E-state index in [4.69, 9.17) is 9.68 Å². The SMILES string of the molecule is Cc1ccc(O[NH+]([O-])c2ccc(-c3ccccc3)cc2)c(O[NH+]([O-])c2ccc(-c3ccccc3)cc2)c1. The molecule has 0 heterocycles. The van der Waals surface area contributed by atoms with Crippen LogP contribution in [0.15, 0.2) is 127 Å². The highest BCUT2D eigenvalue weighted by atomic mass is 16.9. The van der Waals surface area contributed by atoms with E-state index in [0.29, 0.717) is 11.4 Å². The molecular formula is C31H26N2O4.